The molecule has 0 saturated heterocycles. The lowest BCUT2D eigenvalue weighted by Crippen LogP contribution is -2.38. The van der Waals surface area contributed by atoms with Gasteiger partial charge < -0.3 is 11.1 Å². The maximum absolute atomic E-state index is 12.8. The van der Waals surface area contributed by atoms with Gasteiger partial charge in [-0.2, -0.15) is 0 Å². The zero-order valence-electron chi connectivity index (χ0n) is 11.0. The summed E-state index contributed by atoms with van der Waals surface area (Å²) in [6.07, 6.45) is 4.61. The van der Waals surface area contributed by atoms with Crippen LogP contribution in [-0.4, -0.2) is 18.6 Å². The first-order chi connectivity index (χ1) is 8.65. The molecule has 1 saturated carbocycles. The Hall–Kier alpha value is -0.930. The molecule has 1 atom stereocenters. The largest absolute Gasteiger partial charge is 0.328 e. The van der Waals surface area contributed by atoms with Gasteiger partial charge in [-0.05, 0) is 49.3 Å². The smallest absolute Gasteiger partial charge is 0.123 e. The minimum Gasteiger partial charge on any atom is -0.328 e. The molecular formula is C15H23FN2. The lowest BCUT2D eigenvalue weighted by molar-refractivity contribution is 0.339. The van der Waals surface area contributed by atoms with Gasteiger partial charge in [0, 0.05) is 18.6 Å². The van der Waals surface area contributed by atoms with Crippen molar-refractivity contribution in [2.24, 2.45) is 5.73 Å². The molecule has 2 nitrogen and oxygen atoms in total. The van der Waals surface area contributed by atoms with Gasteiger partial charge in [-0.25, -0.2) is 4.39 Å². The predicted molar refractivity (Wildman–Crippen MR) is 73.0 cm³/mol. The topological polar surface area (TPSA) is 38.0 Å². The van der Waals surface area contributed by atoms with Crippen LogP contribution in [0.3, 0.4) is 0 Å². The first-order valence-electron chi connectivity index (χ1n) is 6.89. The Morgan fingerprint density at radius 2 is 1.83 bits per heavy atom. The van der Waals surface area contributed by atoms with Crippen molar-refractivity contribution >= 4 is 0 Å². The quantitative estimate of drug-likeness (QED) is 0.862. The van der Waals surface area contributed by atoms with E-state index in [1.165, 1.54) is 30.5 Å². The molecule has 100 valence electrons. The summed E-state index contributed by atoms with van der Waals surface area (Å²) in [4.78, 5) is 0. The molecule has 3 heteroatoms. The van der Waals surface area contributed by atoms with Crippen molar-refractivity contribution in [2.45, 2.75) is 50.6 Å². The molecule has 1 fully saturated rings. The molecule has 1 unspecified atom stereocenters. The van der Waals surface area contributed by atoms with Crippen LogP contribution in [-0.2, 0) is 0 Å². The van der Waals surface area contributed by atoms with E-state index in [0.717, 1.165) is 19.4 Å². The minimum absolute atomic E-state index is 0.167. The minimum atomic E-state index is -0.167. The zero-order chi connectivity index (χ0) is 13.0. The van der Waals surface area contributed by atoms with Crippen molar-refractivity contribution in [3.63, 3.8) is 0 Å². The van der Waals surface area contributed by atoms with E-state index < -0.39 is 0 Å². The fourth-order valence-electron chi connectivity index (χ4n) is 2.58. The first-order valence-corrected chi connectivity index (χ1v) is 6.89. The Labute approximate surface area is 109 Å². The van der Waals surface area contributed by atoms with Crippen LogP contribution in [0.25, 0.3) is 0 Å². The molecule has 0 aromatic heterocycles. The summed E-state index contributed by atoms with van der Waals surface area (Å²) in [7, 11) is 0. The van der Waals surface area contributed by atoms with Crippen LogP contribution >= 0.6 is 0 Å². The summed E-state index contributed by atoms with van der Waals surface area (Å²) in [5.74, 6) is 0.251. The highest BCUT2D eigenvalue weighted by Gasteiger charge is 2.18. The summed E-state index contributed by atoms with van der Waals surface area (Å²) in [5.41, 5.74) is 7.09. The van der Waals surface area contributed by atoms with E-state index in [1.807, 2.05) is 12.1 Å². The van der Waals surface area contributed by atoms with Gasteiger partial charge in [0.2, 0.25) is 0 Å². The average molecular weight is 250 g/mol. The van der Waals surface area contributed by atoms with Gasteiger partial charge in [-0.3, -0.25) is 0 Å². The highest BCUT2D eigenvalue weighted by atomic mass is 19.1. The summed E-state index contributed by atoms with van der Waals surface area (Å²) < 4.78 is 12.8. The fraction of sp³-hybridized carbons (Fsp3) is 0.600. The molecular weight excluding hydrogens is 227 g/mol. The third kappa shape index (κ3) is 3.79. The Balaban J connectivity index is 1.77. The molecule has 1 aliphatic carbocycles. The zero-order valence-corrected chi connectivity index (χ0v) is 11.0. The summed E-state index contributed by atoms with van der Waals surface area (Å²) in [6, 6.07) is 7.82. The van der Waals surface area contributed by atoms with Crippen molar-refractivity contribution < 1.29 is 4.39 Å². The van der Waals surface area contributed by atoms with Crippen molar-refractivity contribution in [3.8, 4) is 0 Å². The summed E-state index contributed by atoms with van der Waals surface area (Å²) >= 11 is 0. The molecule has 1 aliphatic rings. The molecule has 18 heavy (non-hydrogen) atoms. The molecule has 0 bridgehead atoms. The summed E-state index contributed by atoms with van der Waals surface area (Å²) in [5, 5.41) is 3.61. The number of hydrogen-bond acceptors (Lipinski definition) is 2. The second-order valence-corrected chi connectivity index (χ2v) is 5.47. The molecule has 2 rings (SSSR count). The van der Waals surface area contributed by atoms with Crippen LogP contribution in [0, 0.1) is 5.82 Å². The normalized spacial score (nSPS) is 25.9. The molecule has 0 radical (unpaired) electrons. The van der Waals surface area contributed by atoms with E-state index in [-0.39, 0.29) is 5.82 Å². The van der Waals surface area contributed by atoms with Gasteiger partial charge in [-0.15, -0.1) is 0 Å². The number of nitrogens with one attached hydrogen (secondary N) is 1. The van der Waals surface area contributed by atoms with E-state index in [2.05, 4.69) is 12.2 Å². The van der Waals surface area contributed by atoms with Crippen LogP contribution in [0.1, 0.15) is 44.1 Å². The highest BCUT2D eigenvalue weighted by molar-refractivity contribution is 5.20. The highest BCUT2D eigenvalue weighted by Crippen LogP contribution is 2.19. The SMILES string of the molecule is CC(CNC1CCC(N)CC1)c1ccc(F)cc1. The van der Waals surface area contributed by atoms with Crippen LogP contribution in [0.15, 0.2) is 24.3 Å². The molecule has 1 aromatic carbocycles. The van der Waals surface area contributed by atoms with Crippen LogP contribution < -0.4 is 11.1 Å². The fourth-order valence-corrected chi connectivity index (χ4v) is 2.58. The van der Waals surface area contributed by atoms with E-state index in [0.29, 0.717) is 18.0 Å². The predicted octanol–water partition coefficient (Wildman–Crippen LogP) is 2.79. The third-order valence-electron chi connectivity index (χ3n) is 3.92. The van der Waals surface area contributed by atoms with Crippen molar-refractivity contribution in [3.05, 3.63) is 35.6 Å². The van der Waals surface area contributed by atoms with Gasteiger partial charge in [0.05, 0.1) is 0 Å². The van der Waals surface area contributed by atoms with E-state index >= 15 is 0 Å². The molecule has 0 amide bonds. The van der Waals surface area contributed by atoms with E-state index in [4.69, 9.17) is 5.73 Å². The lowest BCUT2D eigenvalue weighted by atomic mass is 9.91. The number of hydrogen-bond donors (Lipinski definition) is 2. The molecule has 3 N–H and O–H groups in total. The second-order valence-electron chi connectivity index (χ2n) is 5.47. The second kappa shape index (κ2) is 6.30. The maximum atomic E-state index is 12.8. The van der Waals surface area contributed by atoms with Crippen LogP contribution in [0.4, 0.5) is 4.39 Å². The Morgan fingerprint density at radius 1 is 1.22 bits per heavy atom. The monoisotopic (exact) mass is 250 g/mol. The number of nitrogens with two attached hydrogens (primary N) is 1. The first kappa shape index (κ1) is 13.5. The summed E-state index contributed by atoms with van der Waals surface area (Å²) in [6.45, 7) is 3.13. The molecule has 1 aromatic rings. The maximum Gasteiger partial charge on any atom is 0.123 e. The Bertz CT molecular complexity index is 355. The number of halogens is 1. The molecule has 0 spiro atoms. The van der Waals surface area contributed by atoms with Gasteiger partial charge in [-0.1, -0.05) is 19.1 Å². The van der Waals surface area contributed by atoms with E-state index in [1.54, 1.807) is 0 Å². The van der Waals surface area contributed by atoms with Crippen LogP contribution in [0.2, 0.25) is 0 Å². The third-order valence-corrected chi connectivity index (χ3v) is 3.92. The van der Waals surface area contributed by atoms with E-state index in [9.17, 15) is 4.39 Å². The molecule has 0 heterocycles. The van der Waals surface area contributed by atoms with Crippen molar-refractivity contribution in [1.29, 1.82) is 0 Å². The average Bonchev–Trinajstić information content (AvgIpc) is 2.38. The Kier molecular flexibility index (Phi) is 4.72. The van der Waals surface area contributed by atoms with Gasteiger partial charge in [0.15, 0.2) is 0 Å². The van der Waals surface area contributed by atoms with Crippen molar-refractivity contribution in [1.82, 2.24) is 5.32 Å². The van der Waals surface area contributed by atoms with Crippen LogP contribution in [0.5, 0.6) is 0 Å². The number of benzene rings is 1. The Morgan fingerprint density at radius 3 is 2.44 bits per heavy atom. The van der Waals surface area contributed by atoms with Crippen molar-refractivity contribution in [2.75, 3.05) is 6.54 Å². The standard InChI is InChI=1S/C15H23FN2/c1-11(12-2-4-13(16)5-3-12)10-18-15-8-6-14(17)7-9-15/h2-5,11,14-15,18H,6-10,17H2,1H3. The number of rotatable bonds is 4. The van der Waals surface area contributed by atoms with Gasteiger partial charge in [0.1, 0.15) is 5.82 Å². The molecule has 0 aliphatic heterocycles. The lowest BCUT2D eigenvalue weighted by Gasteiger charge is -2.28. The van der Waals surface area contributed by atoms with Gasteiger partial charge in [0.25, 0.3) is 0 Å². The van der Waals surface area contributed by atoms with Gasteiger partial charge >= 0.3 is 0 Å².